The summed E-state index contributed by atoms with van der Waals surface area (Å²) in [5, 5.41) is 3.40. The molecule has 0 amide bonds. The molecular weight excluding hydrogens is 224 g/mol. The third kappa shape index (κ3) is 2.07. The van der Waals surface area contributed by atoms with Crippen molar-refractivity contribution in [1.29, 1.82) is 0 Å². The SMILES string of the molecule is Cc1cc2c(cc1N1CCNCC1)OC(C)(C)C2. The van der Waals surface area contributed by atoms with Gasteiger partial charge in [0.2, 0.25) is 0 Å². The molecule has 0 unspecified atom stereocenters. The molecule has 2 aliphatic heterocycles. The van der Waals surface area contributed by atoms with E-state index in [2.05, 4.69) is 43.1 Å². The van der Waals surface area contributed by atoms with Crippen molar-refractivity contribution in [2.45, 2.75) is 32.8 Å². The zero-order chi connectivity index (χ0) is 12.8. The van der Waals surface area contributed by atoms with Crippen LogP contribution in [0.2, 0.25) is 0 Å². The summed E-state index contributed by atoms with van der Waals surface area (Å²) in [5.41, 5.74) is 4.03. The van der Waals surface area contributed by atoms with Crippen LogP contribution >= 0.6 is 0 Å². The molecule has 2 aliphatic rings. The Morgan fingerprint density at radius 2 is 1.94 bits per heavy atom. The maximum absolute atomic E-state index is 6.04. The van der Waals surface area contributed by atoms with E-state index in [1.165, 1.54) is 16.8 Å². The van der Waals surface area contributed by atoms with Gasteiger partial charge < -0.3 is 15.0 Å². The van der Waals surface area contributed by atoms with E-state index in [0.717, 1.165) is 38.3 Å². The number of hydrogen-bond donors (Lipinski definition) is 1. The highest BCUT2D eigenvalue weighted by atomic mass is 16.5. The van der Waals surface area contributed by atoms with Crippen LogP contribution in [0.4, 0.5) is 5.69 Å². The maximum atomic E-state index is 6.04. The highest BCUT2D eigenvalue weighted by Gasteiger charge is 2.31. The van der Waals surface area contributed by atoms with Gasteiger partial charge in [-0.25, -0.2) is 0 Å². The van der Waals surface area contributed by atoms with Gasteiger partial charge in [0.1, 0.15) is 11.4 Å². The lowest BCUT2D eigenvalue weighted by atomic mass is 9.99. The first-order valence-corrected chi connectivity index (χ1v) is 6.83. The molecular formula is C15H22N2O. The van der Waals surface area contributed by atoms with Gasteiger partial charge in [-0.15, -0.1) is 0 Å². The Bertz CT molecular complexity index is 462. The van der Waals surface area contributed by atoms with Gasteiger partial charge in [-0.05, 0) is 31.9 Å². The Hall–Kier alpha value is -1.22. The molecule has 0 atom stereocenters. The molecule has 0 saturated carbocycles. The molecule has 18 heavy (non-hydrogen) atoms. The van der Waals surface area contributed by atoms with E-state index in [1.54, 1.807) is 0 Å². The van der Waals surface area contributed by atoms with Crippen molar-refractivity contribution in [3.63, 3.8) is 0 Å². The first-order chi connectivity index (χ1) is 8.55. The van der Waals surface area contributed by atoms with Crippen molar-refractivity contribution in [3.8, 4) is 5.75 Å². The normalized spacial score (nSPS) is 21.6. The number of hydrogen-bond acceptors (Lipinski definition) is 3. The van der Waals surface area contributed by atoms with Crippen molar-refractivity contribution in [2.24, 2.45) is 0 Å². The minimum Gasteiger partial charge on any atom is -0.487 e. The van der Waals surface area contributed by atoms with Crippen LogP contribution in [0.5, 0.6) is 5.75 Å². The second-order valence-electron chi connectivity index (χ2n) is 6.02. The van der Waals surface area contributed by atoms with Crippen LogP contribution in [0.15, 0.2) is 12.1 Å². The average molecular weight is 246 g/mol. The fourth-order valence-electron chi connectivity index (χ4n) is 3.01. The smallest absolute Gasteiger partial charge is 0.125 e. The van der Waals surface area contributed by atoms with Gasteiger partial charge in [0.25, 0.3) is 0 Å². The molecule has 1 aromatic rings. The van der Waals surface area contributed by atoms with Crippen LogP contribution in [-0.4, -0.2) is 31.8 Å². The predicted octanol–water partition coefficient (Wildman–Crippen LogP) is 2.12. The molecule has 0 radical (unpaired) electrons. The van der Waals surface area contributed by atoms with Crippen molar-refractivity contribution in [2.75, 3.05) is 31.1 Å². The molecule has 0 aromatic heterocycles. The molecule has 0 bridgehead atoms. The Balaban J connectivity index is 1.93. The largest absolute Gasteiger partial charge is 0.487 e. The summed E-state index contributed by atoms with van der Waals surface area (Å²) in [7, 11) is 0. The standard InChI is InChI=1S/C15H22N2O/c1-11-8-12-10-15(2,3)18-14(12)9-13(11)17-6-4-16-5-7-17/h8-9,16H,4-7,10H2,1-3H3. The highest BCUT2D eigenvalue weighted by molar-refractivity contribution is 5.61. The number of ether oxygens (including phenoxy) is 1. The van der Waals surface area contributed by atoms with E-state index >= 15 is 0 Å². The quantitative estimate of drug-likeness (QED) is 0.821. The number of benzene rings is 1. The monoisotopic (exact) mass is 246 g/mol. The van der Waals surface area contributed by atoms with Gasteiger partial charge in [-0.2, -0.15) is 0 Å². The summed E-state index contributed by atoms with van der Waals surface area (Å²) in [6.45, 7) is 10.8. The number of fused-ring (bicyclic) bond motifs is 1. The fraction of sp³-hybridized carbons (Fsp3) is 0.600. The van der Waals surface area contributed by atoms with Gasteiger partial charge >= 0.3 is 0 Å². The number of piperazine rings is 1. The number of rotatable bonds is 1. The molecule has 98 valence electrons. The van der Waals surface area contributed by atoms with E-state index in [4.69, 9.17) is 4.74 Å². The molecule has 2 heterocycles. The summed E-state index contributed by atoms with van der Waals surface area (Å²) < 4.78 is 6.04. The third-order valence-electron chi connectivity index (χ3n) is 3.84. The van der Waals surface area contributed by atoms with Crippen LogP contribution in [0.25, 0.3) is 0 Å². The number of anilines is 1. The molecule has 1 saturated heterocycles. The molecule has 1 N–H and O–H groups in total. The van der Waals surface area contributed by atoms with Crippen molar-refractivity contribution in [3.05, 3.63) is 23.3 Å². The number of aryl methyl sites for hydroxylation is 1. The molecule has 1 aromatic carbocycles. The maximum Gasteiger partial charge on any atom is 0.125 e. The van der Waals surface area contributed by atoms with E-state index in [-0.39, 0.29) is 5.60 Å². The molecule has 3 heteroatoms. The zero-order valence-corrected chi connectivity index (χ0v) is 11.5. The zero-order valence-electron chi connectivity index (χ0n) is 11.5. The van der Waals surface area contributed by atoms with Crippen LogP contribution in [0.3, 0.4) is 0 Å². The highest BCUT2D eigenvalue weighted by Crippen LogP contribution is 2.39. The molecule has 0 aliphatic carbocycles. The lowest BCUT2D eigenvalue weighted by Crippen LogP contribution is -2.43. The number of nitrogens with one attached hydrogen (secondary N) is 1. The Morgan fingerprint density at radius 3 is 2.67 bits per heavy atom. The van der Waals surface area contributed by atoms with E-state index in [9.17, 15) is 0 Å². The minimum absolute atomic E-state index is 0.0448. The first kappa shape index (κ1) is 11.8. The van der Waals surface area contributed by atoms with Gasteiger partial charge in [0, 0.05) is 44.4 Å². The number of nitrogens with zero attached hydrogens (tertiary/aromatic N) is 1. The van der Waals surface area contributed by atoms with Crippen LogP contribution in [-0.2, 0) is 6.42 Å². The first-order valence-electron chi connectivity index (χ1n) is 6.83. The van der Waals surface area contributed by atoms with Crippen LogP contribution < -0.4 is 15.0 Å². The second kappa shape index (κ2) is 4.16. The molecule has 0 spiro atoms. The van der Waals surface area contributed by atoms with Crippen molar-refractivity contribution < 1.29 is 4.74 Å². The van der Waals surface area contributed by atoms with E-state index in [0.29, 0.717) is 0 Å². The average Bonchev–Trinajstić information content (AvgIpc) is 2.62. The summed E-state index contributed by atoms with van der Waals surface area (Å²) in [5.74, 6) is 1.08. The summed E-state index contributed by atoms with van der Waals surface area (Å²) in [6, 6.07) is 4.55. The van der Waals surface area contributed by atoms with Crippen molar-refractivity contribution >= 4 is 5.69 Å². The lowest BCUT2D eigenvalue weighted by Gasteiger charge is -2.31. The van der Waals surface area contributed by atoms with E-state index in [1.807, 2.05) is 0 Å². The fourth-order valence-corrected chi connectivity index (χ4v) is 3.01. The summed E-state index contributed by atoms with van der Waals surface area (Å²) >= 11 is 0. The van der Waals surface area contributed by atoms with Gasteiger partial charge in [0.05, 0.1) is 0 Å². The summed E-state index contributed by atoms with van der Waals surface area (Å²) in [4.78, 5) is 2.46. The Labute approximate surface area is 109 Å². The Kier molecular flexibility index (Phi) is 2.74. The van der Waals surface area contributed by atoms with Crippen LogP contribution in [0.1, 0.15) is 25.0 Å². The Morgan fingerprint density at radius 1 is 1.22 bits per heavy atom. The van der Waals surface area contributed by atoms with Gasteiger partial charge in [-0.1, -0.05) is 6.07 Å². The van der Waals surface area contributed by atoms with Crippen molar-refractivity contribution in [1.82, 2.24) is 5.32 Å². The van der Waals surface area contributed by atoms with Gasteiger partial charge in [-0.3, -0.25) is 0 Å². The molecule has 1 fully saturated rings. The second-order valence-corrected chi connectivity index (χ2v) is 6.02. The molecule has 3 nitrogen and oxygen atoms in total. The minimum atomic E-state index is -0.0448. The molecule has 3 rings (SSSR count). The van der Waals surface area contributed by atoms with Gasteiger partial charge in [0.15, 0.2) is 0 Å². The van der Waals surface area contributed by atoms with E-state index < -0.39 is 0 Å². The topological polar surface area (TPSA) is 24.5 Å². The predicted molar refractivity (Wildman–Crippen MR) is 74.7 cm³/mol. The lowest BCUT2D eigenvalue weighted by molar-refractivity contribution is 0.138. The van der Waals surface area contributed by atoms with Crippen LogP contribution in [0, 0.1) is 6.92 Å². The third-order valence-corrected chi connectivity index (χ3v) is 3.84. The summed E-state index contributed by atoms with van der Waals surface area (Å²) in [6.07, 6.45) is 1.02.